The smallest absolute Gasteiger partial charge is 0.332 e. The summed E-state index contributed by atoms with van der Waals surface area (Å²) < 4.78 is 64.1. The van der Waals surface area contributed by atoms with Gasteiger partial charge in [-0.1, -0.05) is 38.1 Å². The number of aromatic nitrogens is 2. The number of nitrogens with zero attached hydrogens (tertiary/aromatic N) is 5. The number of rotatable bonds is 11. The molecule has 0 radical (unpaired) electrons. The van der Waals surface area contributed by atoms with Gasteiger partial charge in [0.25, 0.3) is 6.26 Å². The number of carbonyl (C=O) groups excluding carboxylic acids is 1. The molecule has 0 saturated carbocycles. The molecule has 320 valence electrons. The molecular weight excluding hydrogens is 809 g/mol. The number of urea groups is 1. The van der Waals surface area contributed by atoms with E-state index in [1.165, 1.54) is 11.1 Å². The highest BCUT2D eigenvalue weighted by atomic mass is 32.2. The van der Waals surface area contributed by atoms with E-state index < -0.39 is 31.3 Å². The largest absolute Gasteiger partial charge is 0.481 e. The van der Waals surface area contributed by atoms with E-state index in [1.807, 2.05) is 54.0 Å². The lowest BCUT2D eigenvalue weighted by Gasteiger charge is -2.37. The summed E-state index contributed by atoms with van der Waals surface area (Å²) in [6, 6.07) is 14.8. The molecule has 2 saturated heterocycles. The van der Waals surface area contributed by atoms with Crippen LogP contribution in [0.1, 0.15) is 48.9 Å². The predicted molar refractivity (Wildman–Crippen MR) is 229 cm³/mol. The minimum atomic E-state index is -3.72. The van der Waals surface area contributed by atoms with E-state index in [0.717, 1.165) is 85.0 Å². The average Bonchev–Trinajstić information content (AvgIpc) is 3.88. The quantitative estimate of drug-likeness (QED) is 0.177. The summed E-state index contributed by atoms with van der Waals surface area (Å²) in [4.78, 5) is 25.0. The molecule has 16 nitrogen and oxygen atoms in total. The van der Waals surface area contributed by atoms with E-state index in [2.05, 4.69) is 32.1 Å². The zero-order chi connectivity index (χ0) is 43.0. The number of aryl methyl sites for hydroxylation is 2. The number of sulfonamides is 2. The van der Waals surface area contributed by atoms with Gasteiger partial charge in [0.15, 0.2) is 5.75 Å². The maximum atomic E-state index is 12.7. The third-order valence-electron chi connectivity index (χ3n) is 11.3. The molecule has 60 heavy (non-hydrogen) atoms. The lowest BCUT2D eigenvalue weighted by molar-refractivity contribution is 0.194. The molecule has 4 heterocycles. The third-order valence-corrected chi connectivity index (χ3v) is 14.2. The first kappa shape index (κ1) is 44.2. The number of amides is 2. The van der Waals surface area contributed by atoms with Crippen molar-refractivity contribution in [2.24, 2.45) is 5.14 Å². The Morgan fingerprint density at radius 2 is 1.30 bits per heavy atom. The van der Waals surface area contributed by atoms with Gasteiger partial charge in [0, 0.05) is 61.8 Å². The SMILES string of the molecule is CCN1CC(S(=O)(=O)NC(=O)Nc2c(-c3ccnc(OC)c3)ccc3c2CCC3)C1.CCN1CC(S(N)(=O)=O)C1.COc1cc(-c2ccc3c(c2OC#N)CCC3)ccn1. The number of anilines is 1. The average molecular weight is 861 g/mol. The number of primary sulfonamides is 1. The lowest BCUT2D eigenvalue weighted by Crippen LogP contribution is -2.58. The Labute approximate surface area is 352 Å². The van der Waals surface area contributed by atoms with E-state index in [4.69, 9.17) is 24.6 Å². The van der Waals surface area contributed by atoms with E-state index >= 15 is 0 Å². The number of nitriles is 1. The Morgan fingerprint density at radius 1 is 0.783 bits per heavy atom. The van der Waals surface area contributed by atoms with Crippen LogP contribution in [0.3, 0.4) is 0 Å². The second-order valence-corrected chi connectivity index (χ2v) is 18.7. The number of nitrogens with one attached hydrogen (secondary N) is 2. The topological polar surface area (TPSA) is 219 Å². The van der Waals surface area contributed by atoms with Crippen LogP contribution in [-0.2, 0) is 45.7 Å². The van der Waals surface area contributed by atoms with Gasteiger partial charge in [-0.15, -0.1) is 5.26 Å². The Morgan fingerprint density at radius 3 is 1.83 bits per heavy atom. The maximum absolute atomic E-state index is 12.7. The molecule has 2 aromatic heterocycles. The highest BCUT2D eigenvalue weighted by Gasteiger charge is 2.38. The Bertz CT molecular complexity index is 2450. The van der Waals surface area contributed by atoms with Crippen molar-refractivity contribution in [3.05, 3.63) is 83.2 Å². The monoisotopic (exact) mass is 860 g/mol. The van der Waals surface area contributed by atoms with Gasteiger partial charge in [0.1, 0.15) is 10.5 Å². The van der Waals surface area contributed by atoms with Crippen LogP contribution in [0.15, 0.2) is 60.9 Å². The minimum absolute atomic E-state index is 0.313. The van der Waals surface area contributed by atoms with E-state index in [0.29, 0.717) is 49.4 Å². The van der Waals surface area contributed by atoms with Crippen LogP contribution in [0, 0.1) is 11.5 Å². The van der Waals surface area contributed by atoms with Crippen molar-refractivity contribution in [3.8, 4) is 46.0 Å². The van der Waals surface area contributed by atoms with Gasteiger partial charge in [-0.2, -0.15) is 0 Å². The Hall–Kier alpha value is -5.32. The Kier molecular flexibility index (Phi) is 14.3. The molecule has 8 rings (SSSR count). The van der Waals surface area contributed by atoms with E-state index in [-0.39, 0.29) is 5.25 Å². The number of methoxy groups -OCH3 is 2. The molecule has 0 bridgehead atoms. The van der Waals surface area contributed by atoms with Crippen molar-refractivity contribution in [1.82, 2.24) is 24.5 Å². The van der Waals surface area contributed by atoms with Gasteiger partial charge in [0.2, 0.25) is 31.8 Å². The normalized spacial score (nSPS) is 16.3. The molecule has 4 aromatic rings. The minimum Gasteiger partial charge on any atom is -0.481 e. The van der Waals surface area contributed by atoms with Crippen LogP contribution in [0.25, 0.3) is 22.3 Å². The van der Waals surface area contributed by atoms with Gasteiger partial charge in [-0.05, 0) is 97.1 Å². The van der Waals surface area contributed by atoms with Crippen LogP contribution in [0.4, 0.5) is 10.5 Å². The van der Waals surface area contributed by atoms with Crippen LogP contribution in [0.5, 0.6) is 17.5 Å². The molecule has 18 heteroatoms. The number of nitrogens with two attached hydrogens (primary N) is 1. The predicted octanol–water partition coefficient (Wildman–Crippen LogP) is 4.49. The zero-order valence-electron chi connectivity index (χ0n) is 34.3. The van der Waals surface area contributed by atoms with Crippen molar-refractivity contribution in [3.63, 3.8) is 0 Å². The molecule has 0 unspecified atom stereocenters. The van der Waals surface area contributed by atoms with Crippen LogP contribution < -0.4 is 29.4 Å². The number of hydrogen-bond acceptors (Lipinski definition) is 13. The molecular formula is C42H52N8O8S2. The van der Waals surface area contributed by atoms with Crippen molar-refractivity contribution < 1.29 is 35.8 Å². The number of hydrogen-bond donors (Lipinski definition) is 3. The summed E-state index contributed by atoms with van der Waals surface area (Å²) in [5.41, 5.74) is 8.81. The first-order valence-electron chi connectivity index (χ1n) is 19.9. The molecule has 2 aromatic carbocycles. The summed E-state index contributed by atoms with van der Waals surface area (Å²) in [5, 5.41) is 15.8. The van der Waals surface area contributed by atoms with Gasteiger partial charge in [0.05, 0.1) is 19.9 Å². The van der Waals surface area contributed by atoms with Crippen molar-refractivity contribution >= 4 is 31.8 Å². The molecule has 0 spiro atoms. The summed E-state index contributed by atoms with van der Waals surface area (Å²) in [5.74, 6) is 1.69. The van der Waals surface area contributed by atoms with Gasteiger partial charge < -0.3 is 29.3 Å². The standard InChI is InChI=1S/C21H26N4O4S.C16H14N2O2.C5H12N2O2S/c1-3-25-12-16(13-25)30(27,28)24-21(26)23-20-17-6-4-5-14(17)7-8-18(20)15-9-10-22-19(11-15)29-2;1-19-15-9-12(7-8-18-15)14-6-5-11-3-2-4-13(11)16(14)20-10-17;1-2-7-3-5(4-7)10(6,8)9/h7-11,16H,3-6,12-13H2,1-2H3,(H2,23,24,26);5-9H,2-4H2,1H3;5H,2-4H2,1H3,(H2,6,8,9). The van der Waals surface area contributed by atoms with Crippen LogP contribution in [0.2, 0.25) is 0 Å². The fourth-order valence-electron chi connectivity index (χ4n) is 7.77. The number of fused-ring (bicyclic) bond motifs is 2. The van der Waals surface area contributed by atoms with Crippen LogP contribution in [-0.4, -0.2) is 107 Å². The molecule has 4 N–H and O–H groups in total. The molecule has 2 aliphatic carbocycles. The van der Waals surface area contributed by atoms with Gasteiger partial charge in [-0.3, -0.25) is 0 Å². The second kappa shape index (κ2) is 19.4. The van der Waals surface area contributed by atoms with E-state index in [9.17, 15) is 21.6 Å². The Balaban J connectivity index is 0.000000172. The zero-order valence-corrected chi connectivity index (χ0v) is 35.9. The highest BCUT2D eigenvalue weighted by Crippen LogP contribution is 2.40. The summed E-state index contributed by atoms with van der Waals surface area (Å²) in [6.07, 6.45) is 11.0. The second-order valence-electron chi connectivity index (χ2n) is 14.9. The van der Waals surface area contributed by atoms with Gasteiger partial charge >= 0.3 is 6.03 Å². The number of pyridine rings is 2. The van der Waals surface area contributed by atoms with Gasteiger partial charge in [-0.25, -0.2) is 41.5 Å². The summed E-state index contributed by atoms with van der Waals surface area (Å²) in [7, 11) is -3.84. The maximum Gasteiger partial charge on any atom is 0.332 e. The lowest BCUT2D eigenvalue weighted by atomic mass is 9.98. The molecule has 0 atom stereocenters. The summed E-state index contributed by atoms with van der Waals surface area (Å²) >= 11 is 0. The van der Waals surface area contributed by atoms with Crippen molar-refractivity contribution in [1.29, 1.82) is 5.26 Å². The highest BCUT2D eigenvalue weighted by molar-refractivity contribution is 7.90. The van der Waals surface area contributed by atoms with E-state index in [1.54, 1.807) is 38.9 Å². The first-order valence-corrected chi connectivity index (χ1v) is 23.1. The summed E-state index contributed by atoms with van der Waals surface area (Å²) in [6.45, 7) is 7.79. The molecule has 2 amide bonds. The number of carbonyl (C=O) groups is 1. The first-order chi connectivity index (χ1) is 28.8. The van der Waals surface area contributed by atoms with Crippen LogP contribution >= 0.6 is 0 Å². The fourth-order valence-corrected chi connectivity index (χ4v) is 9.89. The number of likely N-dealkylation sites (tertiary alicyclic amines) is 2. The molecule has 4 aliphatic rings. The third kappa shape index (κ3) is 10.3. The van der Waals surface area contributed by atoms with Crippen molar-refractivity contribution in [2.45, 2.75) is 62.9 Å². The number of ether oxygens (including phenoxy) is 3. The molecule has 2 fully saturated rings. The fraction of sp³-hybridized carbons (Fsp3) is 0.429. The number of benzene rings is 2. The molecule has 2 aliphatic heterocycles. The van der Waals surface area contributed by atoms with Crippen molar-refractivity contribution in [2.75, 3.05) is 58.8 Å².